The molecule has 0 amide bonds. The molecule has 162 valence electrons. The molecule has 0 aromatic heterocycles. The second-order valence-corrected chi connectivity index (χ2v) is 13.1. The molecule has 2 aliphatic heterocycles. The molecule has 0 unspecified atom stereocenters. The number of Topliss-reactive ketones (excluding diaryl/α,β-unsaturated/α-hetero) is 1. The van der Waals surface area contributed by atoms with Gasteiger partial charge >= 0.3 is 0 Å². The van der Waals surface area contributed by atoms with E-state index < -0.39 is 0 Å². The Balaban J connectivity index is 1.31. The Morgan fingerprint density at radius 2 is 1.72 bits per heavy atom. The van der Waals surface area contributed by atoms with E-state index in [2.05, 4.69) is 32.6 Å². The van der Waals surface area contributed by atoms with Crippen LogP contribution in [0.25, 0.3) is 0 Å². The average Bonchev–Trinajstić information content (AvgIpc) is 3.15. The van der Waals surface area contributed by atoms with E-state index in [-0.39, 0.29) is 0 Å². The van der Waals surface area contributed by atoms with E-state index in [1.54, 1.807) is 0 Å². The fraction of sp³-hybridized carbons (Fsp3) is 0.963. The average molecular weight is 398 g/mol. The molecule has 2 saturated heterocycles. The first kappa shape index (κ1) is 19.3. The van der Waals surface area contributed by atoms with E-state index in [0.29, 0.717) is 22.5 Å². The molecule has 0 aromatic carbocycles. The van der Waals surface area contributed by atoms with E-state index in [1.165, 1.54) is 57.9 Å². The highest BCUT2D eigenvalue weighted by Gasteiger charge is 2.66. The summed E-state index contributed by atoms with van der Waals surface area (Å²) in [7, 11) is 0. The highest BCUT2D eigenvalue weighted by molar-refractivity contribution is 5.79. The van der Waals surface area contributed by atoms with Crippen molar-refractivity contribution in [1.29, 1.82) is 0 Å². The Labute approximate surface area is 178 Å². The number of carbonyl (C=O) groups excluding carboxylic acids is 1. The van der Waals surface area contributed by atoms with Crippen LogP contribution >= 0.6 is 0 Å². The SMILES string of the molecule is C[C@H]1CC[C@@H]2[C@H](C)[C@@H]3[C@@H](C[C@@H]4[C@H]5CC[C@H]6CC(=O)CC[C@]6(C)[C@@H]5CC[C@]34C)N2C1. The number of hydrogen-bond donors (Lipinski definition) is 0. The normalized spacial score (nSPS) is 59.4. The standard InChI is InChI=1S/C27H43NO/c1-16-5-8-23-17(2)25-24(28(23)15-16)14-22-20-7-6-18-13-19(29)9-11-26(18,3)21(20)10-12-27(22,25)4/h16-18,20-25H,5-15H2,1-4H3/t16-,17-,18-,20-,21+,22+,23+,24+,25+,26-,27-/m0/s1. The number of hydrogen-bond acceptors (Lipinski definition) is 2. The topological polar surface area (TPSA) is 20.3 Å². The molecule has 0 aromatic rings. The maximum absolute atomic E-state index is 12.2. The maximum Gasteiger partial charge on any atom is 0.133 e. The van der Waals surface area contributed by atoms with Crippen LogP contribution in [0, 0.1) is 52.3 Å². The zero-order valence-corrected chi connectivity index (χ0v) is 19.3. The molecule has 2 heterocycles. The second-order valence-electron chi connectivity index (χ2n) is 13.1. The zero-order valence-electron chi connectivity index (χ0n) is 19.3. The smallest absolute Gasteiger partial charge is 0.133 e. The van der Waals surface area contributed by atoms with Crippen molar-refractivity contribution in [2.75, 3.05) is 6.54 Å². The molecule has 11 atom stereocenters. The summed E-state index contributed by atoms with van der Waals surface area (Å²) in [5.74, 6) is 6.80. The number of carbonyl (C=O) groups is 1. The lowest BCUT2D eigenvalue weighted by molar-refractivity contribution is -0.140. The molecule has 4 aliphatic carbocycles. The van der Waals surface area contributed by atoms with Gasteiger partial charge in [0.1, 0.15) is 5.78 Å². The van der Waals surface area contributed by atoms with Gasteiger partial charge in [-0.25, -0.2) is 0 Å². The van der Waals surface area contributed by atoms with Gasteiger partial charge in [0.2, 0.25) is 0 Å². The van der Waals surface area contributed by atoms with E-state index in [4.69, 9.17) is 0 Å². The third-order valence-corrected chi connectivity index (χ3v) is 12.1. The van der Waals surface area contributed by atoms with Gasteiger partial charge in [0.05, 0.1) is 0 Å². The van der Waals surface area contributed by atoms with E-state index in [9.17, 15) is 4.79 Å². The van der Waals surface area contributed by atoms with Crippen molar-refractivity contribution in [1.82, 2.24) is 4.90 Å². The van der Waals surface area contributed by atoms with Crippen LogP contribution in [0.15, 0.2) is 0 Å². The largest absolute Gasteiger partial charge is 0.300 e. The molecule has 0 N–H and O–H groups in total. The summed E-state index contributed by atoms with van der Waals surface area (Å²) < 4.78 is 0. The second kappa shape index (κ2) is 6.33. The first-order chi connectivity index (χ1) is 13.8. The monoisotopic (exact) mass is 397 g/mol. The molecule has 6 fully saturated rings. The Bertz CT molecular complexity index is 703. The molecule has 0 spiro atoms. The van der Waals surface area contributed by atoms with Gasteiger partial charge in [-0.05, 0) is 104 Å². The Morgan fingerprint density at radius 3 is 2.55 bits per heavy atom. The molecule has 2 heteroatoms. The maximum atomic E-state index is 12.2. The minimum Gasteiger partial charge on any atom is -0.300 e. The minimum atomic E-state index is 0.462. The summed E-state index contributed by atoms with van der Waals surface area (Å²) in [6, 6.07) is 1.76. The molecule has 29 heavy (non-hydrogen) atoms. The van der Waals surface area contributed by atoms with Crippen molar-refractivity contribution in [3.63, 3.8) is 0 Å². The lowest BCUT2D eigenvalue weighted by Crippen LogP contribution is -2.54. The Hall–Kier alpha value is -0.370. The van der Waals surface area contributed by atoms with Crippen LogP contribution in [-0.4, -0.2) is 29.3 Å². The predicted octanol–water partition coefficient (Wildman–Crippen LogP) is 5.94. The molecule has 0 bridgehead atoms. The Morgan fingerprint density at radius 1 is 0.897 bits per heavy atom. The number of ketones is 1. The van der Waals surface area contributed by atoms with E-state index in [1.807, 2.05) is 0 Å². The lowest BCUT2D eigenvalue weighted by atomic mass is 9.44. The van der Waals surface area contributed by atoms with Crippen molar-refractivity contribution < 1.29 is 4.79 Å². The molecule has 6 aliphatic rings. The number of rotatable bonds is 0. The predicted molar refractivity (Wildman–Crippen MR) is 117 cm³/mol. The van der Waals surface area contributed by atoms with Gasteiger partial charge in [0, 0.05) is 31.5 Å². The molecule has 2 nitrogen and oxygen atoms in total. The van der Waals surface area contributed by atoms with Crippen molar-refractivity contribution in [3.8, 4) is 0 Å². The summed E-state index contributed by atoms with van der Waals surface area (Å²) in [5, 5.41) is 0. The Kier molecular flexibility index (Phi) is 4.22. The summed E-state index contributed by atoms with van der Waals surface area (Å²) in [6.07, 6.45) is 13.0. The minimum absolute atomic E-state index is 0.462. The van der Waals surface area contributed by atoms with Crippen LogP contribution < -0.4 is 0 Å². The van der Waals surface area contributed by atoms with Crippen LogP contribution in [0.5, 0.6) is 0 Å². The fourth-order valence-corrected chi connectivity index (χ4v) is 10.8. The third-order valence-electron chi connectivity index (χ3n) is 12.1. The van der Waals surface area contributed by atoms with Gasteiger partial charge in [-0.1, -0.05) is 27.7 Å². The molecule has 4 saturated carbocycles. The van der Waals surface area contributed by atoms with Crippen LogP contribution in [0.1, 0.15) is 91.9 Å². The lowest BCUT2D eigenvalue weighted by Gasteiger charge is -2.60. The fourth-order valence-electron chi connectivity index (χ4n) is 10.8. The first-order valence-corrected chi connectivity index (χ1v) is 13.1. The van der Waals surface area contributed by atoms with Crippen LogP contribution in [0.4, 0.5) is 0 Å². The first-order valence-electron chi connectivity index (χ1n) is 13.1. The highest BCUT2D eigenvalue weighted by atomic mass is 16.1. The number of piperidine rings is 1. The molecular formula is C27H43NO. The zero-order chi connectivity index (χ0) is 20.1. The van der Waals surface area contributed by atoms with Gasteiger partial charge in [-0.3, -0.25) is 9.69 Å². The molecule has 6 rings (SSSR count). The van der Waals surface area contributed by atoms with Crippen LogP contribution in [0.3, 0.4) is 0 Å². The highest BCUT2D eigenvalue weighted by Crippen LogP contribution is 2.70. The van der Waals surface area contributed by atoms with Gasteiger partial charge in [-0.15, -0.1) is 0 Å². The molecular weight excluding hydrogens is 354 g/mol. The summed E-state index contributed by atoms with van der Waals surface area (Å²) in [4.78, 5) is 15.2. The summed E-state index contributed by atoms with van der Waals surface area (Å²) in [5.41, 5.74) is 1.04. The quantitative estimate of drug-likeness (QED) is 0.504. The van der Waals surface area contributed by atoms with Crippen molar-refractivity contribution in [2.24, 2.45) is 52.3 Å². The van der Waals surface area contributed by atoms with Crippen molar-refractivity contribution in [3.05, 3.63) is 0 Å². The van der Waals surface area contributed by atoms with Crippen molar-refractivity contribution in [2.45, 2.75) is 104 Å². The summed E-state index contributed by atoms with van der Waals surface area (Å²) >= 11 is 0. The van der Waals surface area contributed by atoms with Crippen LogP contribution in [0.2, 0.25) is 0 Å². The number of fused-ring (bicyclic) bond motifs is 9. The van der Waals surface area contributed by atoms with E-state index >= 15 is 0 Å². The van der Waals surface area contributed by atoms with Crippen molar-refractivity contribution >= 4 is 5.78 Å². The number of nitrogens with zero attached hydrogens (tertiary/aromatic N) is 1. The van der Waals surface area contributed by atoms with Gasteiger partial charge < -0.3 is 0 Å². The molecule has 0 radical (unpaired) electrons. The van der Waals surface area contributed by atoms with Gasteiger partial charge in [-0.2, -0.15) is 0 Å². The summed E-state index contributed by atoms with van der Waals surface area (Å²) in [6.45, 7) is 11.8. The third kappa shape index (κ3) is 2.48. The van der Waals surface area contributed by atoms with Crippen LogP contribution in [-0.2, 0) is 4.79 Å². The van der Waals surface area contributed by atoms with E-state index in [0.717, 1.165) is 60.4 Å². The van der Waals surface area contributed by atoms with Gasteiger partial charge in [0.15, 0.2) is 0 Å². The van der Waals surface area contributed by atoms with Gasteiger partial charge in [0.25, 0.3) is 0 Å².